The van der Waals surface area contributed by atoms with Crippen molar-refractivity contribution < 1.29 is 63.6 Å². The molecule has 9 aromatic rings. The van der Waals surface area contributed by atoms with Gasteiger partial charge in [0, 0.05) is 82.6 Å². The summed E-state index contributed by atoms with van der Waals surface area (Å²) in [6, 6.07) is 16.0. The number of hydrogen-bond acceptors (Lipinski definition) is 24. The van der Waals surface area contributed by atoms with Gasteiger partial charge in [0.25, 0.3) is 34.4 Å². The number of aromatic amines is 3. The molecule has 3 aromatic carbocycles. The lowest BCUT2D eigenvalue weighted by molar-refractivity contribution is -0.141. The fourth-order valence-corrected chi connectivity index (χ4v) is 9.82. The smallest absolute Gasteiger partial charge is 0.326 e. The Kier molecular flexibility index (Phi) is 28.5. The summed E-state index contributed by atoms with van der Waals surface area (Å²) in [6.45, 7) is 19.3. The molecule has 0 radical (unpaired) electrons. The summed E-state index contributed by atoms with van der Waals surface area (Å²) in [5.74, 6) is -5.29. The normalized spacial score (nSPS) is 12.0. The molecular formula is C72H84N18O16. The Bertz CT molecular complexity index is 4870. The Morgan fingerprint density at radius 1 is 0.377 bits per heavy atom. The number of fused-ring (bicyclic) bond motifs is 3. The van der Waals surface area contributed by atoms with Gasteiger partial charge in [-0.2, -0.15) is 0 Å². The first kappa shape index (κ1) is 80.7. The second kappa shape index (κ2) is 37.5. The predicted octanol–water partition coefficient (Wildman–Crippen LogP) is 6.77. The molecule has 6 aromatic heterocycles. The summed E-state index contributed by atoms with van der Waals surface area (Å²) in [4.78, 5) is 190. The van der Waals surface area contributed by atoms with Crippen LogP contribution in [-0.4, -0.2) is 152 Å². The Labute approximate surface area is 605 Å². The highest BCUT2D eigenvalue weighted by atomic mass is 16.4. The first-order chi connectivity index (χ1) is 50.2. The van der Waals surface area contributed by atoms with Crippen LogP contribution in [0.5, 0.6) is 0 Å². The van der Waals surface area contributed by atoms with Crippen molar-refractivity contribution in [1.29, 1.82) is 0 Å². The summed E-state index contributed by atoms with van der Waals surface area (Å²) < 4.78 is 0. The van der Waals surface area contributed by atoms with Gasteiger partial charge in [-0.25, -0.2) is 54.4 Å². The number of amides is 3. The number of nitrogens with one attached hydrogen (secondary N) is 9. The molecule has 0 aliphatic rings. The summed E-state index contributed by atoms with van der Waals surface area (Å²) >= 11 is 0. The van der Waals surface area contributed by atoms with Gasteiger partial charge in [-0.1, -0.05) is 69.2 Å². The number of Topliss-reactive ketones (excluding diaryl/α,β-unsaturated/α-hetero) is 2. The molecule has 0 spiro atoms. The Hall–Kier alpha value is -12.7. The quantitative estimate of drug-likeness (QED) is 0.0207. The van der Waals surface area contributed by atoms with E-state index in [-0.39, 0.29) is 148 Å². The molecule has 0 aliphatic carbocycles. The number of carbonyl (C=O) groups is 9. The largest absolute Gasteiger partial charge is 0.481 e. The van der Waals surface area contributed by atoms with Gasteiger partial charge in [0.05, 0.1) is 61.3 Å². The van der Waals surface area contributed by atoms with E-state index in [0.717, 1.165) is 0 Å². The number of aliphatic carboxylic acids is 4. The molecule has 0 unspecified atom stereocenters. The van der Waals surface area contributed by atoms with Crippen molar-refractivity contribution in [3.63, 3.8) is 0 Å². The highest BCUT2D eigenvalue weighted by Gasteiger charge is 2.27. The van der Waals surface area contributed by atoms with Gasteiger partial charge in [-0.05, 0) is 92.1 Å². The van der Waals surface area contributed by atoms with Crippen LogP contribution >= 0.6 is 0 Å². The number of carbonyl (C=O) groups excluding carboxylic acids is 5. The van der Waals surface area contributed by atoms with Crippen LogP contribution in [-0.2, 0) is 48.4 Å². The standard InChI is InChI=1S/2C25H30N6O5.C22H24N6O6/c1-13(2)21(34)18(9-10-19(32)33)29-24(35)15-5-7-16(8-6-15)26-11-17-12-27-23-20(28-17)25(36)31-22(30-23)14(3)4;1-13(2)19(32)10-9-18(25(35)36)29-23(33)15-5-7-16(8-6-15)26-11-17-12-27-22-20(28-17)24(34)31-21(30-22)14(3)4;1-11(2)18-27-19-17(21(32)28-18)25-14(10-24-19)9-23-13-5-3-12(4-6-13)20(31)26-15(22(33)34)7-8-16(29)30/h5-8,12-14,18,26H,9-11H2,1-4H3,(H,29,35)(H,32,33)(H,27,30,31,36);5-8,12-14,18,26H,9-11H2,1-4H3,(H,29,33)(H,35,36)(H,27,30,31,34);3-6,10-11,15,23H,7-9H2,1-2H3,(H,26,31)(H,29,30)(H,33,34)(H,24,27,28,32)/t2*18-;15-/m000/s1. The van der Waals surface area contributed by atoms with E-state index in [1.54, 1.807) is 101 Å². The molecule has 34 heteroatoms. The van der Waals surface area contributed by atoms with E-state index in [1.807, 2.05) is 41.5 Å². The molecular weight excluding hydrogens is 1370 g/mol. The van der Waals surface area contributed by atoms with Gasteiger partial charge >= 0.3 is 23.9 Å². The maximum absolute atomic E-state index is 12.7. The van der Waals surface area contributed by atoms with Crippen molar-refractivity contribution in [1.82, 2.24) is 75.8 Å². The number of nitrogens with zero attached hydrogens (tertiary/aromatic N) is 9. The topological polar surface area (TPSA) is 521 Å². The molecule has 0 saturated carbocycles. The number of anilines is 3. The van der Waals surface area contributed by atoms with Gasteiger partial charge < -0.3 is 67.3 Å². The number of hydrogen-bond donors (Lipinski definition) is 13. The number of benzene rings is 3. The van der Waals surface area contributed by atoms with E-state index in [9.17, 15) is 67.7 Å². The first-order valence-corrected chi connectivity index (χ1v) is 33.9. The second-order valence-electron chi connectivity index (χ2n) is 26.0. The molecule has 0 fully saturated rings. The van der Waals surface area contributed by atoms with Crippen molar-refractivity contribution in [2.45, 2.75) is 163 Å². The number of carboxylic acids is 4. The van der Waals surface area contributed by atoms with Gasteiger partial charge in [0.2, 0.25) is 0 Å². The zero-order chi connectivity index (χ0) is 77.6. The second-order valence-corrected chi connectivity index (χ2v) is 26.0. The third kappa shape index (κ3) is 23.4. The minimum atomic E-state index is -1.31. The summed E-state index contributed by atoms with van der Waals surface area (Å²) in [7, 11) is 0. The van der Waals surface area contributed by atoms with Crippen molar-refractivity contribution >= 4 is 104 Å². The first-order valence-electron chi connectivity index (χ1n) is 33.9. The molecule has 13 N–H and O–H groups in total. The third-order valence-corrected chi connectivity index (χ3v) is 16.0. The van der Waals surface area contributed by atoms with Crippen LogP contribution < -0.4 is 48.6 Å². The van der Waals surface area contributed by atoms with Crippen LogP contribution in [0, 0.1) is 11.8 Å². The predicted molar refractivity (Wildman–Crippen MR) is 389 cm³/mol. The van der Waals surface area contributed by atoms with Gasteiger partial charge in [-0.3, -0.25) is 47.9 Å². The van der Waals surface area contributed by atoms with E-state index in [4.69, 9.17) is 10.2 Å². The lowest BCUT2D eigenvalue weighted by atomic mass is 9.97. The van der Waals surface area contributed by atoms with Crippen LogP contribution in [0.25, 0.3) is 33.5 Å². The lowest BCUT2D eigenvalue weighted by Crippen LogP contribution is -2.43. The zero-order valence-electron chi connectivity index (χ0n) is 59.9. The highest BCUT2D eigenvalue weighted by Crippen LogP contribution is 2.19. The average molecular weight is 1460 g/mol. The van der Waals surface area contributed by atoms with Gasteiger partial charge in [0.15, 0.2) is 39.3 Å². The van der Waals surface area contributed by atoms with E-state index in [1.165, 1.54) is 18.3 Å². The molecule has 106 heavy (non-hydrogen) atoms. The van der Waals surface area contributed by atoms with E-state index in [0.29, 0.717) is 69.4 Å². The molecule has 3 atom stereocenters. The number of ketones is 2. The van der Waals surface area contributed by atoms with E-state index in [2.05, 4.69) is 91.7 Å². The minimum absolute atomic E-state index is 0.0294. The fourth-order valence-electron chi connectivity index (χ4n) is 9.82. The van der Waals surface area contributed by atoms with Crippen molar-refractivity contribution in [3.8, 4) is 0 Å². The van der Waals surface area contributed by atoms with Crippen molar-refractivity contribution in [2.24, 2.45) is 11.8 Å². The fraction of sp³-hybridized carbons (Fsp3) is 0.375. The maximum Gasteiger partial charge on any atom is 0.326 e. The zero-order valence-corrected chi connectivity index (χ0v) is 59.9. The molecule has 9 rings (SSSR count). The summed E-state index contributed by atoms with van der Waals surface area (Å²) in [5.41, 5.74) is 4.75. The average Bonchev–Trinajstić information content (AvgIpc) is 0.830. The molecule has 0 aliphatic heterocycles. The lowest BCUT2D eigenvalue weighted by Gasteiger charge is -2.19. The van der Waals surface area contributed by atoms with Gasteiger partial charge in [-0.15, -0.1) is 0 Å². The van der Waals surface area contributed by atoms with Crippen LogP contribution in [0.4, 0.5) is 17.1 Å². The van der Waals surface area contributed by atoms with Crippen LogP contribution in [0.1, 0.15) is 191 Å². The van der Waals surface area contributed by atoms with Crippen LogP contribution in [0.15, 0.2) is 106 Å². The minimum Gasteiger partial charge on any atom is -0.481 e. The number of rotatable bonds is 32. The van der Waals surface area contributed by atoms with Crippen LogP contribution in [0.3, 0.4) is 0 Å². The van der Waals surface area contributed by atoms with Gasteiger partial charge in [0.1, 0.15) is 35.3 Å². The monoisotopic (exact) mass is 1460 g/mol. The number of carboxylic acid groups (broad SMARTS) is 4. The molecule has 6 heterocycles. The van der Waals surface area contributed by atoms with Crippen molar-refractivity contribution in [2.75, 3.05) is 16.0 Å². The van der Waals surface area contributed by atoms with Crippen LogP contribution in [0.2, 0.25) is 0 Å². The molecule has 34 nitrogen and oxygen atoms in total. The molecule has 558 valence electrons. The van der Waals surface area contributed by atoms with E-state index >= 15 is 0 Å². The summed E-state index contributed by atoms with van der Waals surface area (Å²) in [5, 5.41) is 53.1. The number of aromatic nitrogens is 12. The Morgan fingerprint density at radius 3 is 0.925 bits per heavy atom. The SMILES string of the molecule is CC(C)C(=O)CC[C@H](NC(=O)c1ccc(NCc2cnc3nc(C(C)C)[nH]c(=O)c3n2)cc1)C(=O)O.CC(C)C(=O)[C@H](CCC(=O)O)NC(=O)c1ccc(NCc2cnc3nc(C(C)C)[nH]c(=O)c3n2)cc1.CC(C)c1nc2ncc(CNc3ccc(C(=O)N[C@@H](CCC(=O)O)C(=O)O)cc3)nc2c(=O)[nH]1. The molecule has 0 saturated heterocycles. The summed E-state index contributed by atoms with van der Waals surface area (Å²) in [6.07, 6.45) is 3.94. The number of H-pyrrole nitrogens is 3. The highest BCUT2D eigenvalue weighted by molar-refractivity contribution is 5.99. The van der Waals surface area contributed by atoms with Crippen molar-refractivity contribution in [3.05, 3.63) is 174 Å². The molecule has 3 amide bonds. The van der Waals surface area contributed by atoms with E-state index < -0.39 is 59.7 Å². The third-order valence-electron chi connectivity index (χ3n) is 16.0. The Balaban J connectivity index is 0.000000222. The Morgan fingerprint density at radius 2 is 0.660 bits per heavy atom. The molecule has 0 bridgehead atoms. The maximum atomic E-state index is 12.7.